The summed E-state index contributed by atoms with van der Waals surface area (Å²) >= 11 is 0. The lowest BCUT2D eigenvalue weighted by atomic mass is 9.94. The maximum atomic E-state index is 13.2. The molecular formula is C21H25F3N6O2. The third kappa shape index (κ3) is 4.77. The molecule has 0 aliphatic carbocycles. The second-order valence-corrected chi connectivity index (χ2v) is 7.90. The van der Waals surface area contributed by atoms with Gasteiger partial charge in [0, 0.05) is 31.8 Å². The summed E-state index contributed by atoms with van der Waals surface area (Å²) in [5.74, 6) is 0.517. The topological polar surface area (TPSA) is 78.2 Å². The number of pyridine rings is 1. The van der Waals surface area contributed by atoms with Crippen LogP contribution in [0.25, 0.3) is 11.2 Å². The molecule has 1 fully saturated rings. The Morgan fingerprint density at radius 2 is 2.03 bits per heavy atom. The Bertz CT molecular complexity index is 1060. The Morgan fingerprint density at radius 1 is 1.19 bits per heavy atom. The van der Waals surface area contributed by atoms with E-state index < -0.39 is 11.9 Å². The van der Waals surface area contributed by atoms with Crippen molar-refractivity contribution in [3.63, 3.8) is 0 Å². The fourth-order valence-corrected chi connectivity index (χ4v) is 3.88. The van der Waals surface area contributed by atoms with E-state index in [9.17, 15) is 13.2 Å². The van der Waals surface area contributed by atoms with Gasteiger partial charge in [0.05, 0.1) is 32.2 Å². The van der Waals surface area contributed by atoms with Gasteiger partial charge in [0.1, 0.15) is 17.1 Å². The minimum absolute atomic E-state index is 0.0448. The Kier molecular flexibility index (Phi) is 6.45. The first-order valence-corrected chi connectivity index (χ1v) is 10.5. The minimum atomic E-state index is -4.56. The molecule has 11 heteroatoms. The monoisotopic (exact) mass is 450 g/mol. The maximum absolute atomic E-state index is 13.2. The van der Waals surface area contributed by atoms with Crippen LogP contribution in [0.4, 0.5) is 19.0 Å². The van der Waals surface area contributed by atoms with Crippen LogP contribution in [0.5, 0.6) is 5.75 Å². The normalized spacial score (nSPS) is 19.5. The molecule has 0 N–H and O–H groups in total. The van der Waals surface area contributed by atoms with Crippen molar-refractivity contribution in [2.75, 3.05) is 31.8 Å². The van der Waals surface area contributed by atoms with E-state index in [-0.39, 0.29) is 24.3 Å². The fraction of sp³-hybridized carbons (Fsp3) is 0.524. The van der Waals surface area contributed by atoms with Gasteiger partial charge in [0.2, 0.25) is 0 Å². The molecule has 3 aromatic rings. The van der Waals surface area contributed by atoms with Gasteiger partial charge in [-0.1, -0.05) is 0 Å². The molecule has 32 heavy (non-hydrogen) atoms. The van der Waals surface area contributed by atoms with Crippen LogP contribution >= 0.6 is 0 Å². The first kappa shape index (κ1) is 22.3. The molecular weight excluding hydrogens is 425 g/mol. The molecule has 0 saturated carbocycles. The number of nitrogens with zero attached hydrogens (tertiary/aromatic N) is 6. The number of ether oxygens (including phenoxy) is 2. The van der Waals surface area contributed by atoms with Gasteiger partial charge in [-0.25, -0.2) is 19.6 Å². The fourth-order valence-electron chi connectivity index (χ4n) is 3.88. The number of fused-ring (bicyclic) bond motifs is 1. The van der Waals surface area contributed by atoms with Crippen LogP contribution in [-0.2, 0) is 17.5 Å². The molecule has 0 aromatic carbocycles. The zero-order valence-electron chi connectivity index (χ0n) is 17.9. The lowest BCUT2D eigenvalue weighted by molar-refractivity contribution is -0.142. The van der Waals surface area contributed by atoms with E-state index in [2.05, 4.69) is 26.9 Å². The molecule has 0 spiro atoms. The highest BCUT2D eigenvalue weighted by Crippen LogP contribution is 2.35. The summed E-state index contributed by atoms with van der Waals surface area (Å²) < 4.78 is 52.0. The van der Waals surface area contributed by atoms with Crippen molar-refractivity contribution in [1.29, 1.82) is 0 Å². The van der Waals surface area contributed by atoms with Crippen molar-refractivity contribution in [2.24, 2.45) is 5.92 Å². The van der Waals surface area contributed by atoms with E-state index in [1.807, 2.05) is 0 Å². The largest absolute Gasteiger partial charge is 0.491 e. The SMILES string of the molecule is COCCn1ncc2ncc(N3CC(COc4cccnc4C(F)(F)F)CCC3C)nc21. The average molecular weight is 450 g/mol. The van der Waals surface area contributed by atoms with Gasteiger partial charge in [-0.2, -0.15) is 18.3 Å². The lowest BCUT2D eigenvalue weighted by Crippen LogP contribution is -2.44. The van der Waals surface area contributed by atoms with Gasteiger partial charge in [-0.3, -0.25) is 0 Å². The number of anilines is 1. The summed E-state index contributed by atoms with van der Waals surface area (Å²) in [6.45, 7) is 3.95. The van der Waals surface area contributed by atoms with E-state index in [4.69, 9.17) is 14.5 Å². The van der Waals surface area contributed by atoms with Crippen LogP contribution in [0.1, 0.15) is 25.5 Å². The molecule has 1 aliphatic rings. The van der Waals surface area contributed by atoms with Gasteiger partial charge in [0.25, 0.3) is 0 Å². The van der Waals surface area contributed by atoms with Crippen molar-refractivity contribution >= 4 is 17.0 Å². The summed E-state index contributed by atoms with van der Waals surface area (Å²) in [5.41, 5.74) is 0.377. The Morgan fingerprint density at radius 3 is 2.81 bits per heavy atom. The maximum Gasteiger partial charge on any atom is 0.437 e. The molecule has 1 saturated heterocycles. The Balaban J connectivity index is 1.48. The first-order valence-electron chi connectivity index (χ1n) is 10.5. The summed E-state index contributed by atoms with van der Waals surface area (Å²) in [7, 11) is 1.63. The summed E-state index contributed by atoms with van der Waals surface area (Å²) in [5, 5.41) is 4.32. The predicted molar refractivity (Wildman–Crippen MR) is 111 cm³/mol. The molecule has 4 heterocycles. The van der Waals surface area contributed by atoms with Crippen molar-refractivity contribution < 1.29 is 22.6 Å². The molecule has 2 unspecified atom stereocenters. The number of piperidine rings is 1. The quantitative estimate of drug-likeness (QED) is 0.545. The average Bonchev–Trinajstić information content (AvgIpc) is 3.19. The molecule has 0 bridgehead atoms. The summed E-state index contributed by atoms with van der Waals surface area (Å²) in [6, 6.07) is 2.97. The second-order valence-electron chi connectivity index (χ2n) is 7.90. The summed E-state index contributed by atoms with van der Waals surface area (Å²) in [6.07, 6.45) is 1.67. The number of rotatable bonds is 7. The van der Waals surface area contributed by atoms with Gasteiger partial charge >= 0.3 is 6.18 Å². The zero-order chi connectivity index (χ0) is 22.7. The van der Waals surface area contributed by atoms with Crippen LogP contribution < -0.4 is 9.64 Å². The van der Waals surface area contributed by atoms with Gasteiger partial charge < -0.3 is 14.4 Å². The van der Waals surface area contributed by atoms with Crippen LogP contribution in [0.2, 0.25) is 0 Å². The molecule has 3 aromatic heterocycles. The highest BCUT2D eigenvalue weighted by atomic mass is 19.4. The van der Waals surface area contributed by atoms with E-state index in [0.717, 1.165) is 19.0 Å². The van der Waals surface area contributed by atoms with Crippen LogP contribution in [0, 0.1) is 5.92 Å². The second kappa shape index (κ2) is 9.27. The predicted octanol–water partition coefficient (Wildman–Crippen LogP) is 3.57. The third-order valence-electron chi connectivity index (χ3n) is 5.63. The molecule has 172 valence electrons. The standard InChI is InChI=1S/C21H25F3N6O2/c1-14-5-6-15(13-32-17-4-3-7-25-19(17)21(22,23)24)12-29(14)18-11-26-16-10-27-30(8-9-31-2)20(16)28-18/h3-4,7,10-11,14-15H,5-6,8-9,12-13H2,1-2H3. The number of hydrogen-bond acceptors (Lipinski definition) is 7. The molecule has 1 aliphatic heterocycles. The molecule has 0 radical (unpaired) electrons. The van der Waals surface area contributed by atoms with E-state index in [0.29, 0.717) is 36.7 Å². The number of aromatic nitrogens is 5. The lowest BCUT2D eigenvalue weighted by Gasteiger charge is -2.38. The Hall–Kier alpha value is -2.95. The van der Waals surface area contributed by atoms with Crippen molar-refractivity contribution in [3.8, 4) is 5.75 Å². The number of halogens is 3. The van der Waals surface area contributed by atoms with Crippen LogP contribution in [0.15, 0.2) is 30.7 Å². The van der Waals surface area contributed by atoms with Crippen molar-refractivity contribution in [1.82, 2.24) is 24.7 Å². The molecule has 0 amide bonds. The first-order chi connectivity index (χ1) is 15.4. The van der Waals surface area contributed by atoms with E-state index in [1.54, 1.807) is 24.2 Å². The zero-order valence-corrected chi connectivity index (χ0v) is 17.9. The van der Waals surface area contributed by atoms with Gasteiger partial charge in [-0.15, -0.1) is 0 Å². The molecule has 2 atom stereocenters. The van der Waals surface area contributed by atoms with E-state index in [1.165, 1.54) is 12.1 Å². The smallest absolute Gasteiger partial charge is 0.437 e. The molecule has 4 rings (SSSR count). The number of hydrogen-bond donors (Lipinski definition) is 0. The van der Waals surface area contributed by atoms with Crippen LogP contribution in [-0.4, -0.2) is 57.6 Å². The van der Waals surface area contributed by atoms with Crippen molar-refractivity contribution in [2.45, 2.75) is 38.5 Å². The van der Waals surface area contributed by atoms with Crippen molar-refractivity contribution in [3.05, 3.63) is 36.4 Å². The van der Waals surface area contributed by atoms with Crippen LogP contribution in [0.3, 0.4) is 0 Å². The number of methoxy groups -OCH3 is 1. The highest BCUT2D eigenvalue weighted by Gasteiger charge is 2.36. The van der Waals surface area contributed by atoms with Gasteiger partial charge in [0.15, 0.2) is 11.3 Å². The highest BCUT2D eigenvalue weighted by molar-refractivity contribution is 5.71. The van der Waals surface area contributed by atoms with Gasteiger partial charge in [-0.05, 0) is 31.9 Å². The van der Waals surface area contributed by atoms with E-state index >= 15 is 0 Å². The third-order valence-corrected chi connectivity index (χ3v) is 5.63. The summed E-state index contributed by atoms with van der Waals surface area (Å²) in [4.78, 5) is 14.8. The number of alkyl halides is 3. The minimum Gasteiger partial charge on any atom is -0.491 e. The Labute approximate surface area is 183 Å². The molecule has 8 nitrogen and oxygen atoms in total.